The molecule has 0 spiro atoms. The van der Waals surface area contributed by atoms with Gasteiger partial charge in [-0.25, -0.2) is 9.97 Å². The van der Waals surface area contributed by atoms with Gasteiger partial charge in [0.25, 0.3) is 0 Å². The topological polar surface area (TPSA) is 33.4 Å². The molecule has 0 N–H and O–H groups in total. The van der Waals surface area contributed by atoms with Crippen molar-refractivity contribution in [3.8, 4) is 10.6 Å². The van der Waals surface area contributed by atoms with E-state index >= 15 is 0 Å². The highest BCUT2D eigenvalue weighted by Crippen LogP contribution is 2.32. The van der Waals surface area contributed by atoms with Crippen LogP contribution in [0.5, 0.6) is 0 Å². The predicted molar refractivity (Wildman–Crippen MR) is 70.6 cm³/mol. The maximum Gasteiger partial charge on any atom is 0.217 e. The lowest BCUT2D eigenvalue weighted by molar-refractivity contribution is 0.580. The maximum absolute atomic E-state index is 13.0. The first-order chi connectivity index (χ1) is 8.63. The first-order valence-corrected chi connectivity index (χ1v) is 6.23. The van der Waals surface area contributed by atoms with Crippen LogP contribution in [0.3, 0.4) is 0 Å². The van der Waals surface area contributed by atoms with Crippen LogP contribution in [0.15, 0.2) is 30.7 Å². The average Bonchev–Trinajstić information content (AvgIpc) is 2.93. The van der Waals surface area contributed by atoms with Gasteiger partial charge in [-0.3, -0.25) is 4.40 Å². The van der Waals surface area contributed by atoms with Crippen LogP contribution in [-0.2, 0) is 0 Å². The van der Waals surface area contributed by atoms with Crippen molar-refractivity contribution in [3.63, 3.8) is 0 Å². The van der Waals surface area contributed by atoms with Gasteiger partial charge in [0.2, 0.25) is 5.95 Å². The monoisotopic (exact) mass is 262 g/mol. The molecule has 0 aliphatic heterocycles. The van der Waals surface area contributed by atoms with Crippen molar-refractivity contribution in [3.05, 3.63) is 36.7 Å². The van der Waals surface area contributed by atoms with Gasteiger partial charge in [0.1, 0.15) is 12.0 Å². The molecule has 92 valence electrons. The van der Waals surface area contributed by atoms with Gasteiger partial charge in [0.05, 0.1) is 15.6 Å². The molecule has 6 heteroatoms. The minimum Gasteiger partial charge on any atom is -0.370 e. The Kier molecular flexibility index (Phi) is 2.52. The van der Waals surface area contributed by atoms with Gasteiger partial charge in [0, 0.05) is 26.4 Å². The summed E-state index contributed by atoms with van der Waals surface area (Å²) in [4.78, 5) is 11.1. The molecule has 18 heavy (non-hydrogen) atoms. The standard InChI is InChI=1S/C12H11FN4S/c1-16(2)12-4-3-9(18-12)8-6-17-7-14-10(13)5-11(17)15-8/h3-7H,1-2H3. The molecule has 0 saturated carbocycles. The number of anilines is 1. The van der Waals surface area contributed by atoms with Crippen LogP contribution >= 0.6 is 11.3 Å². The molecule has 0 aliphatic carbocycles. The lowest BCUT2D eigenvalue weighted by Gasteiger charge is -2.06. The number of rotatable bonds is 2. The highest BCUT2D eigenvalue weighted by Gasteiger charge is 2.09. The van der Waals surface area contributed by atoms with Crippen molar-refractivity contribution in [2.45, 2.75) is 0 Å². The Balaban J connectivity index is 2.07. The molecule has 3 heterocycles. The molecular formula is C12H11FN4S. The van der Waals surface area contributed by atoms with E-state index in [1.165, 1.54) is 12.4 Å². The highest BCUT2D eigenvalue weighted by molar-refractivity contribution is 7.19. The Morgan fingerprint density at radius 3 is 2.89 bits per heavy atom. The summed E-state index contributed by atoms with van der Waals surface area (Å²) in [5.74, 6) is -0.514. The summed E-state index contributed by atoms with van der Waals surface area (Å²) in [6.07, 6.45) is 3.29. The molecule has 3 aromatic heterocycles. The van der Waals surface area contributed by atoms with Crippen LogP contribution in [0.4, 0.5) is 9.39 Å². The number of nitrogens with zero attached hydrogens (tertiary/aromatic N) is 4. The molecule has 3 rings (SSSR count). The Bertz CT molecular complexity index is 701. The minimum atomic E-state index is -0.514. The molecule has 0 radical (unpaired) electrons. The normalized spacial score (nSPS) is 11.1. The van der Waals surface area contributed by atoms with Crippen LogP contribution < -0.4 is 4.90 Å². The van der Waals surface area contributed by atoms with Gasteiger partial charge in [0.15, 0.2) is 0 Å². The van der Waals surface area contributed by atoms with Gasteiger partial charge in [-0.2, -0.15) is 4.39 Å². The number of thiophene rings is 1. The average molecular weight is 262 g/mol. The second-order valence-corrected chi connectivity index (χ2v) is 5.20. The first-order valence-electron chi connectivity index (χ1n) is 5.41. The highest BCUT2D eigenvalue weighted by atomic mass is 32.1. The van der Waals surface area contributed by atoms with E-state index in [2.05, 4.69) is 9.97 Å². The number of aromatic nitrogens is 3. The van der Waals surface area contributed by atoms with E-state index in [1.807, 2.05) is 37.3 Å². The fourth-order valence-electron chi connectivity index (χ4n) is 1.69. The van der Waals surface area contributed by atoms with Crippen LogP contribution in [-0.4, -0.2) is 28.5 Å². The van der Waals surface area contributed by atoms with Gasteiger partial charge in [-0.15, -0.1) is 11.3 Å². The zero-order chi connectivity index (χ0) is 12.7. The summed E-state index contributed by atoms with van der Waals surface area (Å²) in [7, 11) is 4.00. The van der Waals surface area contributed by atoms with Gasteiger partial charge < -0.3 is 4.90 Å². The Morgan fingerprint density at radius 2 is 2.17 bits per heavy atom. The molecule has 4 nitrogen and oxygen atoms in total. The van der Waals surface area contributed by atoms with Crippen molar-refractivity contribution in [1.29, 1.82) is 0 Å². The smallest absolute Gasteiger partial charge is 0.217 e. The molecule has 3 aromatic rings. The third-order valence-corrected chi connectivity index (χ3v) is 3.88. The van der Waals surface area contributed by atoms with Crippen molar-refractivity contribution in [2.24, 2.45) is 0 Å². The molecule has 0 bridgehead atoms. The Labute approximate surface area is 107 Å². The van der Waals surface area contributed by atoms with E-state index in [-0.39, 0.29) is 0 Å². The van der Waals surface area contributed by atoms with Crippen molar-refractivity contribution >= 4 is 22.0 Å². The van der Waals surface area contributed by atoms with Crippen LogP contribution in [0.1, 0.15) is 0 Å². The zero-order valence-corrected chi connectivity index (χ0v) is 10.8. The second-order valence-electron chi connectivity index (χ2n) is 4.14. The van der Waals surface area contributed by atoms with Crippen LogP contribution in [0, 0.1) is 5.95 Å². The Hall–Kier alpha value is -1.95. The number of halogens is 1. The number of hydrogen-bond acceptors (Lipinski definition) is 4. The Morgan fingerprint density at radius 1 is 1.33 bits per heavy atom. The number of fused-ring (bicyclic) bond motifs is 1. The summed E-state index contributed by atoms with van der Waals surface area (Å²) in [5.41, 5.74) is 1.40. The lowest BCUT2D eigenvalue weighted by atomic mass is 10.4. The minimum absolute atomic E-state index is 0.514. The van der Waals surface area contributed by atoms with Crippen LogP contribution in [0.2, 0.25) is 0 Å². The summed E-state index contributed by atoms with van der Waals surface area (Å²) < 4.78 is 14.7. The SMILES string of the molecule is CN(C)c1ccc(-c2cn3cnc(F)cc3n2)s1. The quantitative estimate of drug-likeness (QED) is 0.666. The predicted octanol–water partition coefficient (Wildman–Crippen LogP) is 2.66. The van der Waals surface area contributed by atoms with E-state index in [1.54, 1.807) is 15.7 Å². The van der Waals surface area contributed by atoms with Crippen molar-refractivity contribution < 1.29 is 4.39 Å². The largest absolute Gasteiger partial charge is 0.370 e. The molecule has 0 unspecified atom stereocenters. The molecule has 0 aliphatic rings. The van der Waals surface area contributed by atoms with E-state index in [9.17, 15) is 4.39 Å². The molecule has 0 aromatic carbocycles. The maximum atomic E-state index is 13.0. The third-order valence-electron chi connectivity index (χ3n) is 2.60. The van der Waals surface area contributed by atoms with E-state index in [0.29, 0.717) is 5.65 Å². The first kappa shape index (κ1) is 11.2. The summed E-state index contributed by atoms with van der Waals surface area (Å²) in [5, 5.41) is 1.16. The van der Waals surface area contributed by atoms with E-state index < -0.39 is 5.95 Å². The van der Waals surface area contributed by atoms with E-state index in [4.69, 9.17) is 0 Å². The summed E-state index contributed by atoms with van der Waals surface area (Å²) in [6, 6.07) is 5.39. The molecule has 0 amide bonds. The zero-order valence-electron chi connectivity index (χ0n) is 9.96. The van der Waals surface area contributed by atoms with Gasteiger partial charge >= 0.3 is 0 Å². The number of hydrogen-bond donors (Lipinski definition) is 0. The molecule has 0 fully saturated rings. The lowest BCUT2D eigenvalue weighted by Crippen LogP contribution is -2.05. The van der Waals surface area contributed by atoms with Crippen LogP contribution in [0.25, 0.3) is 16.2 Å². The number of imidazole rings is 1. The van der Waals surface area contributed by atoms with Gasteiger partial charge in [-0.1, -0.05) is 0 Å². The second kappa shape index (κ2) is 4.06. The van der Waals surface area contributed by atoms with Crippen molar-refractivity contribution in [2.75, 3.05) is 19.0 Å². The summed E-state index contributed by atoms with van der Waals surface area (Å²) in [6.45, 7) is 0. The van der Waals surface area contributed by atoms with E-state index in [0.717, 1.165) is 15.6 Å². The molecule has 0 atom stereocenters. The summed E-state index contributed by atoms with van der Waals surface area (Å²) >= 11 is 1.65. The van der Waals surface area contributed by atoms with Crippen molar-refractivity contribution in [1.82, 2.24) is 14.4 Å². The molecular weight excluding hydrogens is 251 g/mol. The fourth-order valence-corrected chi connectivity index (χ4v) is 2.58. The fraction of sp³-hybridized carbons (Fsp3) is 0.167. The van der Waals surface area contributed by atoms with Gasteiger partial charge in [-0.05, 0) is 12.1 Å². The third kappa shape index (κ3) is 1.84. The molecule has 0 saturated heterocycles.